The van der Waals surface area contributed by atoms with E-state index in [1.165, 1.54) is 10.8 Å². The molecule has 2 N–H and O–H groups in total. The molecule has 3 nitrogen and oxygen atoms in total. The summed E-state index contributed by atoms with van der Waals surface area (Å²) in [4.78, 5) is 11.9. The molecule has 0 bridgehead atoms. The molecule has 0 aromatic heterocycles. The fraction of sp³-hybridized carbons (Fsp3) is 0.500. The number of carbonyl (C=O) groups is 1. The van der Waals surface area contributed by atoms with Crippen molar-refractivity contribution in [2.75, 3.05) is 17.6 Å². The highest BCUT2D eigenvalue weighted by atomic mass is 33.1. The van der Waals surface area contributed by atoms with Gasteiger partial charge in [0.25, 0.3) is 5.91 Å². The highest BCUT2D eigenvalue weighted by Crippen LogP contribution is 2.11. The van der Waals surface area contributed by atoms with Crippen molar-refractivity contribution >= 4 is 34.0 Å². The first-order valence-corrected chi connectivity index (χ1v) is 8.58. The van der Waals surface area contributed by atoms with Crippen LogP contribution in [0.4, 0.5) is 5.69 Å². The van der Waals surface area contributed by atoms with E-state index in [-0.39, 0.29) is 5.91 Å². The van der Waals surface area contributed by atoms with Crippen molar-refractivity contribution in [3.63, 3.8) is 0 Å². The van der Waals surface area contributed by atoms with Gasteiger partial charge in [-0.3, -0.25) is 4.79 Å². The summed E-state index contributed by atoms with van der Waals surface area (Å²) >= 11 is 4.08. The van der Waals surface area contributed by atoms with Gasteiger partial charge in [0.15, 0.2) is 0 Å². The molecule has 0 heterocycles. The first-order chi connectivity index (χ1) is 9.13. The normalized spacial score (nSPS) is 10.5. The first kappa shape index (κ1) is 16.2. The molecule has 0 saturated heterocycles. The van der Waals surface area contributed by atoms with Gasteiger partial charge in [0.1, 0.15) is 0 Å². The largest absolute Gasteiger partial charge is 0.383 e. The van der Waals surface area contributed by atoms with Gasteiger partial charge >= 0.3 is 0 Å². The number of anilines is 1. The van der Waals surface area contributed by atoms with Crippen LogP contribution in [0.5, 0.6) is 0 Å². The summed E-state index contributed by atoms with van der Waals surface area (Å²) in [7, 11) is 1.54. The molecule has 1 aromatic carbocycles. The highest BCUT2D eigenvalue weighted by molar-refractivity contribution is 8.68. The van der Waals surface area contributed by atoms with Crippen LogP contribution in [0.3, 0.4) is 0 Å². The van der Waals surface area contributed by atoms with Gasteiger partial charge in [-0.1, -0.05) is 10.8 Å². The van der Waals surface area contributed by atoms with Crippen LogP contribution in [0.2, 0.25) is 0 Å². The molecule has 0 radical (unpaired) electrons. The Morgan fingerprint density at radius 3 is 2.53 bits per heavy atom. The van der Waals surface area contributed by atoms with E-state index < -0.39 is 0 Å². The lowest BCUT2D eigenvalue weighted by molar-refractivity contribution is 0.0953. The molecule has 1 amide bonds. The third-order valence-corrected chi connectivity index (χ3v) is 3.57. The minimum absolute atomic E-state index is 0.00498. The van der Waals surface area contributed by atoms with Crippen LogP contribution in [0.15, 0.2) is 24.3 Å². The second-order valence-corrected chi connectivity index (χ2v) is 6.11. The SMILES string of the molecule is CC(C)Nc1ccc(C(=O)NCCCCSS)cc1. The second-order valence-electron chi connectivity index (χ2n) is 4.67. The van der Waals surface area contributed by atoms with E-state index in [9.17, 15) is 4.79 Å². The van der Waals surface area contributed by atoms with Crippen LogP contribution in [-0.2, 0) is 0 Å². The molecule has 0 unspecified atom stereocenters. The molecular formula is C14H22N2OS2. The molecular weight excluding hydrogens is 276 g/mol. The van der Waals surface area contributed by atoms with Crippen molar-refractivity contribution in [3.8, 4) is 0 Å². The Morgan fingerprint density at radius 2 is 1.95 bits per heavy atom. The standard InChI is InChI=1S/C14H22N2OS2/c1-11(2)16-13-7-5-12(6-8-13)14(17)15-9-3-4-10-19-18/h5-8,11,16,18H,3-4,9-10H2,1-2H3,(H,15,17). The van der Waals surface area contributed by atoms with Gasteiger partial charge < -0.3 is 10.6 Å². The van der Waals surface area contributed by atoms with Gasteiger partial charge in [-0.05, 0) is 51.0 Å². The van der Waals surface area contributed by atoms with Crippen molar-refractivity contribution in [1.82, 2.24) is 5.32 Å². The van der Waals surface area contributed by atoms with Crippen LogP contribution in [0.25, 0.3) is 0 Å². The number of carbonyl (C=O) groups excluding carboxylic acids is 1. The zero-order valence-electron chi connectivity index (χ0n) is 11.5. The molecule has 0 saturated carbocycles. The van der Waals surface area contributed by atoms with Gasteiger partial charge in [0, 0.05) is 29.6 Å². The zero-order chi connectivity index (χ0) is 14.1. The average Bonchev–Trinajstić information content (AvgIpc) is 2.38. The topological polar surface area (TPSA) is 41.1 Å². The zero-order valence-corrected chi connectivity index (χ0v) is 13.2. The quantitative estimate of drug-likeness (QED) is 0.390. The summed E-state index contributed by atoms with van der Waals surface area (Å²) in [5.41, 5.74) is 1.75. The molecule has 106 valence electrons. The first-order valence-electron chi connectivity index (χ1n) is 6.54. The number of amides is 1. The van der Waals surface area contributed by atoms with Crippen LogP contribution >= 0.6 is 22.5 Å². The molecule has 1 rings (SSSR count). The van der Waals surface area contributed by atoms with Crippen molar-refractivity contribution in [2.24, 2.45) is 0 Å². The summed E-state index contributed by atoms with van der Waals surface area (Å²) in [6, 6.07) is 7.97. The molecule has 1 aromatic rings. The van der Waals surface area contributed by atoms with E-state index in [0.717, 1.165) is 30.8 Å². The fourth-order valence-electron chi connectivity index (χ4n) is 1.65. The summed E-state index contributed by atoms with van der Waals surface area (Å²) < 4.78 is 0. The Labute approximate surface area is 124 Å². The summed E-state index contributed by atoms with van der Waals surface area (Å²) in [6.07, 6.45) is 2.07. The lowest BCUT2D eigenvalue weighted by atomic mass is 10.2. The van der Waals surface area contributed by atoms with Crippen LogP contribution < -0.4 is 10.6 Å². The Kier molecular flexibility index (Phi) is 7.82. The van der Waals surface area contributed by atoms with Crippen molar-refractivity contribution in [2.45, 2.75) is 32.7 Å². The minimum Gasteiger partial charge on any atom is -0.383 e. The number of thiol groups is 1. The summed E-state index contributed by atoms with van der Waals surface area (Å²) in [5, 5.41) is 6.22. The molecule has 0 spiro atoms. The Bertz CT molecular complexity index is 380. The van der Waals surface area contributed by atoms with E-state index in [4.69, 9.17) is 0 Å². The third-order valence-electron chi connectivity index (χ3n) is 2.55. The third kappa shape index (κ3) is 6.78. The van der Waals surface area contributed by atoms with Crippen molar-refractivity contribution in [1.29, 1.82) is 0 Å². The number of rotatable bonds is 8. The smallest absolute Gasteiger partial charge is 0.251 e. The van der Waals surface area contributed by atoms with E-state index >= 15 is 0 Å². The number of unbranched alkanes of at least 4 members (excludes halogenated alkanes) is 1. The summed E-state index contributed by atoms with van der Waals surface area (Å²) in [5.74, 6) is 1.02. The molecule has 0 atom stereocenters. The second kappa shape index (κ2) is 9.15. The molecule has 0 fully saturated rings. The van der Waals surface area contributed by atoms with E-state index in [1.54, 1.807) is 0 Å². The molecule has 19 heavy (non-hydrogen) atoms. The van der Waals surface area contributed by atoms with Crippen LogP contribution in [0, 0.1) is 0 Å². The Morgan fingerprint density at radius 1 is 1.26 bits per heavy atom. The number of hydrogen-bond donors (Lipinski definition) is 3. The van der Waals surface area contributed by atoms with Gasteiger partial charge in [-0.25, -0.2) is 0 Å². The van der Waals surface area contributed by atoms with Gasteiger partial charge in [-0.15, -0.1) is 11.7 Å². The van der Waals surface area contributed by atoms with E-state index in [0.29, 0.717) is 11.6 Å². The van der Waals surface area contributed by atoms with Gasteiger partial charge in [0.05, 0.1) is 0 Å². The number of hydrogen-bond acceptors (Lipinski definition) is 4. The molecule has 0 aliphatic heterocycles. The highest BCUT2D eigenvalue weighted by Gasteiger charge is 2.04. The van der Waals surface area contributed by atoms with Gasteiger partial charge in [0.2, 0.25) is 0 Å². The Balaban J connectivity index is 2.36. The van der Waals surface area contributed by atoms with Crippen molar-refractivity contribution < 1.29 is 4.79 Å². The monoisotopic (exact) mass is 298 g/mol. The maximum absolute atomic E-state index is 11.9. The summed E-state index contributed by atoms with van der Waals surface area (Å²) in [6.45, 7) is 4.90. The van der Waals surface area contributed by atoms with E-state index in [1.807, 2.05) is 24.3 Å². The van der Waals surface area contributed by atoms with Gasteiger partial charge in [-0.2, -0.15) is 0 Å². The lowest BCUT2D eigenvalue weighted by Gasteiger charge is -2.10. The minimum atomic E-state index is -0.00498. The maximum atomic E-state index is 11.9. The van der Waals surface area contributed by atoms with E-state index in [2.05, 4.69) is 36.1 Å². The molecule has 0 aliphatic carbocycles. The predicted octanol–water partition coefficient (Wildman–Crippen LogP) is 3.59. The van der Waals surface area contributed by atoms with Crippen LogP contribution in [0.1, 0.15) is 37.0 Å². The fourth-order valence-corrected chi connectivity index (χ4v) is 2.37. The maximum Gasteiger partial charge on any atom is 0.251 e. The number of nitrogens with one attached hydrogen (secondary N) is 2. The van der Waals surface area contributed by atoms with Crippen LogP contribution in [-0.4, -0.2) is 24.2 Å². The average molecular weight is 298 g/mol. The Hall–Kier alpha value is -0.810. The predicted molar refractivity (Wildman–Crippen MR) is 88.2 cm³/mol. The van der Waals surface area contributed by atoms with Crippen molar-refractivity contribution in [3.05, 3.63) is 29.8 Å². The molecule has 0 aliphatic rings. The lowest BCUT2D eigenvalue weighted by Crippen LogP contribution is -2.24. The molecule has 5 heteroatoms. The number of benzene rings is 1.